The molecule has 0 aliphatic carbocycles. The molecule has 0 unspecified atom stereocenters. The lowest BCUT2D eigenvalue weighted by Gasteiger charge is -2.29. The number of rotatable bonds is 4. The van der Waals surface area contributed by atoms with Gasteiger partial charge in [-0.2, -0.15) is 4.98 Å². The van der Waals surface area contributed by atoms with E-state index in [4.69, 9.17) is 19.0 Å². The lowest BCUT2D eigenvalue weighted by atomic mass is 9.81. The van der Waals surface area contributed by atoms with Gasteiger partial charge in [0.25, 0.3) is 0 Å². The number of hydrogen-bond donors (Lipinski definition) is 0. The minimum absolute atomic E-state index is 0.0943. The molecule has 3 rings (SSSR count). The van der Waals surface area contributed by atoms with Crippen LogP contribution in [0.5, 0.6) is 0 Å². The third kappa shape index (κ3) is 3.94. The fourth-order valence-electron chi connectivity index (χ4n) is 3.89. The van der Waals surface area contributed by atoms with Crippen molar-refractivity contribution in [2.24, 2.45) is 11.3 Å². The summed E-state index contributed by atoms with van der Waals surface area (Å²) in [6, 6.07) is 0. The number of nitrogens with zero attached hydrogens (tertiary/aromatic N) is 2. The Morgan fingerprint density at radius 2 is 1.91 bits per heavy atom. The molecule has 0 amide bonds. The molecule has 3 heterocycles. The molecular formula is C18H30N2O3. The van der Waals surface area contributed by atoms with Crippen molar-refractivity contribution in [3.8, 4) is 0 Å². The van der Waals surface area contributed by atoms with Crippen LogP contribution in [0.1, 0.15) is 71.0 Å². The van der Waals surface area contributed by atoms with Gasteiger partial charge in [-0.1, -0.05) is 32.9 Å². The largest absolute Gasteiger partial charge is 0.378 e. The van der Waals surface area contributed by atoms with Crippen LogP contribution < -0.4 is 0 Å². The molecule has 23 heavy (non-hydrogen) atoms. The highest BCUT2D eigenvalue weighted by Gasteiger charge is 2.40. The molecule has 5 nitrogen and oxygen atoms in total. The number of aromatic nitrogens is 2. The van der Waals surface area contributed by atoms with Crippen LogP contribution >= 0.6 is 0 Å². The Morgan fingerprint density at radius 3 is 2.65 bits per heavy atom. The van der Waals surface area contributed by atoms with E-state index >= 15 is 0 Å². The zero-order valence-corrected chi connectivity index (χ0v) is 14.9. The van der Waals surface area contributed by atoms with Crippen molar-refractivity contribution in [1.82, 2.24) is 10.1 Å². The minimum atomic E-state index is 0.0943. The van der Waals surface area contributed by atoms with Gasteiger partial charge in [-0.25, -0.2) is 0 Å². The van der Waals surface area contributed by atoms with Crippen LogP contribution in [0.3, 0.4) is 0 Å². The summed E-state index contributed by atoms with van der Waals surface area (Å²) in [5.74, 6) is 2.46. The second-order valence-electron chi connectivity index (χ2n) is 8.09. The summed E-state index contributed by atoms with van der Waals surface area (Å²) in [4.78, 5) is 4.70. The van der Waals surface area contributed by atoms with E-state index in [1.807, 2.05) is 0 Å². The average molecular weight is 322 g/mol. The summed E-state index contributed by atoms with van der Waals surface area (Å²) in [5.41, 5.74) is 0.0943. The van der Waals surface area contributed by atoms with Gasteiger partial charge < -0.3 is 14.0 Å². The highest BCUT2D eigenvalue weighted by molar-refractivity contribution is 5.05. The van der Waals surface area contributed by atoms with E-state index < -0.39 is 0 Å². The van der Waals surface area contributed by atoms with E-state index in [0.29, 0.717) is 12.0 Å². The first-order valence-electron chi connectivity index (χ1n) is 9.03. The van der Waals surface area contributed by atoms with Crippen LogP contribution in [0.4, 0.5) is 0 Å². The Labute approximate surface area is 139 Å². The van der Waals surface area contributed by atoms with Gasteiger partial charge in [0, 0.05) is 19.6 Å². The number of ether oxygens (including phenoxy) is 2. The molecule has 0 saturated carbocycles. The first-order valence-corrected chi connectivity index (χ1v) is 9.03. The van der Waals surface area contributed by atoms with E-state index in [2.05, 4.69) is 32.9 Å². The highest BCUT2D eigenvalue weighted by atomic mass is 16.5. The quantitative estimate of drug-likeness (QED) is 0.845. The van der Waals surface area contributed by atoms with Gasteiger partial charge in [0.1, 0.15) is 0 Å². The average Bonchev–Trinajstić information content (AvgIpc) is 3.15. The molecule has 0 aromatic carbocycles. The lowest BCUT2D eigenvalue weighted by Crippen LogP contribution is -2.30. The van der Waals surface area contributed by atoms with Crippen molar-refractivity contribution >= 4 is 0 Å². The maximum Gasteiger partial charge on any atom is 0.226 e. The van der Waals surface area contributed by atoms with Crippen LogP contribution in [0, 0.1) is 11.3 Å². The Kier molecular flexibility index (Phi) is 5.07. The van der Waals surface area contributed by atoms with Crippen molar-refractivity contribution in [3.05, 3.63) is 11.7 Å². The second-order valence-corrected chi connectivity index (χ2v) is 8.09. The Hall–Kier alpha value is -0.940. The van der Waals surface area contributed by atoms with E-state index in [-0.39, 0.29) is 17.4 Å². The molecule has 4 atom stereocenters. The van der Waals surface area contributed by atoms with E-state index in [1.54, 1.807) is 0 Å². The van der Waals surface area contributed by atoms with Gasteiger partial charge in [0.2, 0.25) is 5.89 Å². The fourth-order valence-corrected chi connectivity index (χ4v) is 3.89. The topological polar surface area (TPSA) is 57.4 Å². The predicted octanol–water partition coefficient (Wildman–Crippen LogP) is 3.74. The van der Waals surface area contributed by atoms with Crippen molar-refractivity contribution in [1.29, 1.82) is 0 Å². The number of hydrogen-bond acceptors (Lipinski definition) is 5. The molecule has 2 aliphatic heterocycles. The zero-order valence-electron chi connectivity index (χ0n) is 14.9. The van der Waals surface area contributed by atoms with E-state index in [0.717, 1.165) is 57.0 Å². The highest BCUT2D eigenvalue weighted by Crippen LogP contribution is 2.39. The normalized spacial score (nSPS) is 32.3. The SMILES string of the molecule is CC[C@H]1C[C@H](Cc2nc([C@H]3CCO[C@@H]3C(C)(C)C)no2)CCO1. The summed E-state index contributed by atoms with van der Waals surface area (Å²) >= 11 is 0. The van der Waals surface area contributed by atoms with Crippen LogP contribution in [0.15, 0.2) is 4.52 Å². The third-order valence-electron chi connectivity index (χ3n) is 5.16. The first kappa shape index (κ1) is 16.9. The molecule has 0 radical (unpaired) electrons. The molecule has 5 heteroatoms. The molecule has 2 saturated heterocycles. The lowest BCUT2D eigenvalue weighted by molar-refractivity contribution is -0.0115. The van der Waals surface area contributed by atoms with E-state index in [9.17, 15) is 0 Å². The van der Waals surface area contributed by atoms with Crippen molar-refractivity contribution in [3.63, 3.8) is 0 Å². The Bertz CT molecular complexity index is 509. The smallest absolute Gasteiger partial charge is 0.226 e. The van der Waals surface area contributed by atoms with Gasteiger partial charge >= 0.3 is 0 Å². The van der Waals surface area contributed by atoms with Crippen LogP contribution in [-0.2, 0) is 15.9 Å². The molecule has 130 valence electrons. The monoisotopic (exact) mass is 322 g/mol. The minimum Gasteiger partial charge on any atom is -0.378 e. The summed E-state index contributed by atoms with van der Waals surface area (Å²) in [5, 5.41) is 4.27. The van der Waals surface area contributed by atoms with Gasteiger partial charge in [-0.3, -0.25) is 0 Å². The van der Waals surface area contributed by atoms with Crippen molar-refractivity contribution in [2.45, 2.75) is 77.9 Å². The Morgan fingerprint density at radius 1 is 1.13 bits per heavy atom. The van der Waals surface area contributed by atoms with Crippen LogP contribution in [-0.4, -0.2) is 35.6 Å². The maximum atomic E-state index is 5.93. The second kappa shape index (κ2) is 6.89. The summed E-state index contributed by atoms with van der Waals surface area (Å²) in [6.45, 7) is 10.5. The van der Waals surface area contributed by atoms with E-state index in [1.165, 1.54) is 0 Å². The molecule has 1 aromatic heterocycles. The summed E-state index contributed by atoms with van der Waals surface area (Å²) < 4.78 is 17.2. The van der Waals surface area contributed by atoms with Crippen molar-refractivity contribution < 1.29 is 14.0 Å². The third-order valence-corrected chi connectivity index (χ3v) is 5.16. The maximum absolute atomic E-state index is 5.93. The first-order chi connectivity index (χ1) is 11.0. The zero-order chi connectivity index (χ0) is 16.4. The Balaban J connectivity index is 1.64. The van der Waals surface area contributed by atoms with Crippen LogP contribution in [0.25, 0.3) is 0 Å². The molecule has 2 fully saturated rings. The van der Waals surface area contributed by atoms with Crippen LogP contribution in [0.2, 0.25) is 0 Å². The van der Waals surface area contributed by atoms with Gasteiger partial charge in [0.05, 0.1) is 18.1 Å². The molecule has 0 bridgehead atoms. The van der Waals surface area contributed by atoms with Gasteiger partial charge in [0.15, 0.2) is 5.82 Å². The predicted molar refractivity (Wildman–Crippen MR) is 87.3 cm³/mol. The molecule has 1 aromatic rings. The summed E-state index contributed by atoms with van der Waals surface area (Å²) in [7, 11) is 0. The molecule has 0 N–H and O–H groups in total. The fraction of sp³-hybridized carbons (Fsp3) is 0.889. The van der Waals surface area contributed by atoms with Gasteiger partial charge in [-0.15, -0.1) is 0 Å². The molecule has 0 spiro atoms. The molecule has 2 aliphatic rings. The standard InChI is InChI=1S/C18H30N2O3/c1-5-13-10-12(6-8-21-13)11-15-19-17(20-23-15)14-7-9-22-16(14)18(2,3)4/h12-14,16H,5-11H2,1-4H3/t12-,13+,14+,16+/m1/s1. The van der Waals surface area contributed by atoms with Gasteiger partial charge in [-0.05, 0) is 37.0 Å². The van der Waals surface area contributed by atoms with Crippen molar-refractivity contribution in [2.75, 3.05) is 13.2 Å². The summed E-state index contributed by atoms with van der Waals surface area (Å²) in [6.07, 6.45) is 5.69. The molecular weight excluding hydrogens is 292 g/mol.